The molecule has 6 aromatic rings. The number of nitrogens with one attached hydrogen (secondary N) is 2. The second kappa shape index (κ2) is 20.4. The van der Waals surface area contributed by atoms with Crippen molar-refractivity contribution in [2.75, 3.05) is 45.5 Å². The number of amides is 1. The van der Waals surface area contributed by atoms with Crippen molar-refractivity contribution in [3.8, 4) is 39.8 Å². The quantitative estimate of drug-likeness (QED) is 0.0509. The van der Waals surface area contributed by atoms with Crippen LogP contribution in [0.2, 0.25) is 25.7 Å². The Hall–Kier alpha value is -6.35. The molecule has 0 radical (unpaired) electrons. The van der Waals surface area contributed by atoms with Gasteiger partial charge in [-0.25, -0.2) is 26.6 Å². The molecule has 0 atom stereocenters. The van der Waals surface area contributed by atoms with E-state index in [-0.39, 0.29) is 55.4 Å². The summed E-state index contributed by atoms with van der Waals surface area (Å²) in [6, 6.07) is 27.8. The van der Waals surface area contributed by atoms with Crippen molar-refractivity contribution < 1.29 is 40.9 Å². The Kier molecular flexibility index (Phi) is 15.1. The lowest BCUT2D eigenvalue weighted by molar-refractivity contribution is 0.195. The van der Waals surface area contributed by atoms with E-state index in [2.05, 4.69) is 45.6 Å². The van der Waals surface area contributed by atoms with E-state index in [0.717, 1.165) is 5.56 Å². The summed E-state index contributed by atoms with van der Waals surface area (Å²) in [6.45, 7) is 6.28. The first-order valence-corrected chi connectivity index (χ1v) is 27.0. The molecule has 20 heteroatoms. The van der Waals surface area contributed by atoms with Crippen LogP contribution in [-0.4, -0.2) is 106 Å². The fraction of sp³-hybridized carbons (Fsp3) is 0.295. The van der Waals surface area contributed by atoms with Gasteiger partial charge in [-0.2, -0.15) is 9.10 Å². The van der Waals surface area contributed by atoms with Gasteiger partial charge in [-0.1, -0.05) is 62.1 Å². The van der Waals surface area contributed by atoms with Crippen LogP contribution in [0.4, 0.5) is 10.6 Å². The number of anilines is 1. The summed E-state index contributed by atoms with van der Waals surface area (Å²) in [5.41, 5.74) is 2.69. The monoisotopic (exact) mass is 928 g/mol. The van der Waals surface area contributed by atoms with Crippen LogP contribution in [0.25, 0.3) is 22.5 Å². The molecular formula is C44H52N8O9S2Si. The Balaban J connectivity index is 1.61. The molecule has 0 spiro atoms. The molecule has 0 saturated heterocycles. The Bertz CT molecular complexity index is 2720. The van der Waals surface area contributed by atoms with Gasteiger partial charge in [0.05, 0.1) is 44.1 Å². The van der Waals surface area contributed by atoms with E-state index in [1.54, 1.807) is 86.0 Å². The van der Waals surface area contributed by atoms with Crippen LogP contribution in [0.15, 0.2) is 113 Å². The van der Waals surface area contributed by atoms with Crippen LogP contribution in [0.1, 0.15) is 16.7 Å². The zero-order chi connectivity index (χ0) is 46.1. The van der Waals surface area contributed by atoms with Gasteiger partial charge in [0.25, 0.3) is 0 Å². The normalized spacial score (nSPS) is 11.9. The van der Waals surface area contributed by atoms with E-state index in [1.807, 2.05) is 12.1 Å². The molecule has 0 aliphatic rings. The third-order valence-electron chi connectivity index (χ3n) is 10.1. The van der Waals surface area contributed by atoms with Gasteiger partial charge in [-0.15, -0.1) is 10.2 Å². The largest absolute Gasteiger partial charge is 0.497 e. The van der Waals surface area contributed by atoms with Crippen molar-refractivity contribution in [1.29, 1.82) is 0 Å². The van der Waals surface area contributed by atoms with Gasteiger partial charge in [0.15, 0.2) is 9.84 Å². The smallest absolute Gasteiger partial charge is 0.404 e. The highest BCUT2D eigenvalue weighted by atomic mass is 32.2. The third-order valence-corrected chi connectivity index (χ3v) is 16.0. The Labute approximate surface area is 374 Å². The third kappa shape index (κ3) is 12.0. The number of methoxy groups -OCH3 is 3. The van der Waals surface area contributed by atoms with Crippen molar-refractivity contribution >= 4 is 39.8 Å². The number of ether oxygens (including phenoxy) is 3. The Morgan fingerprint density at radius 2 is 1.33 bits per heavy atom. The molecule has 4 aromatic carbocycles. The van der Waals surface area contributed by atoms with Crippen molar-refractivity contribution in [2.24, 2.45) is 0 Å². The predicted octanol–water partition coefficient (Wildman–Crippen LogP) is 6.66. The molecule has 2 heterocycles. The molecule has 1 amide bonds. The summed E-state index contributed by atoms with van der Waals surface area (Å²) < 4.78 is 78.7. The summed E-state index contributed by atoms with van der Waals surface area (Å²) in [7, 11) is -6.44. The fourth-order valence-corrected chi connectivity index (χ4v) is 13.4. The van der Waals surface area contributed by atoms with Gasteiger partial charge in [-0.05, 0) is 93.7 Å². The number of sulfonamides is 1. The van der Waals surface area contributed by atoms with Crippen LogP contribution < -0.4 is 24.8 Å². The summed E-state index contributed by atoms with van der Waals surface area (Å²) in [4.78, 5) is 15.9. The van der Waals surface area contributed by atoms with Gasteiger partial charge in [0.2, 0.25) is 15.8 Å². The van der Waals surface area contributed by atoms with Gasteiger partial charge >= 0.3 is 6.09 Å². The minimum atomic E-state index is -4.82. The van der Waals surface area contributed by atoms with Crippen LogP contribution in [0.3, 0.4) is 0 Å². The maximum atomic E-state index is 15.9. The molecule has 17 nitrogen and oxygen atoms in total. The average Bonchev–Trinajstić information content (AvgIpc) is 3.75. The summed E-state index contributed by atoms with van der Waals surface area (Å²) in [6.07, 6.45) is 0.328. The lowest BCUT2D eigenvalue weighted by Crippen LogP contribution is -2.32. The number of tetrazole rings is 1. The first-order chi connectivity index (χ1) is 30.5. The number of carbonyl (C=O) groups is 1. The fourth-order valence-electron chi connectivity index (χ4n) is 6.66. The van der Waals surface area contributed by atoms with Crippen LogP contribution in [-0.2, 0) is 39.5 Å². The van der Waals surface area contributed by atoms with Crippen molar-refractivity contribution in [1.82, 2.24) is 34.8 Å². The minimum absolute atomic E-state index is 0.0748. The molecule has 6 rings (SSSR count). The molecule has 64 heavy (non-hydrogen) atoms. The second-order valence-electron chi connectivity index (χ2n) is 16.0. The average molecular weight is 929 g/mol. The lowest BCUT2D eigenvalue weighted by atomic mass is 10.00. The Morgan fingerprint density at radius 1 is 0.766 bits per heavy atom. The SMILES string of the molecule is COc1ccc(CN(Cc2ccc(OC)cc2)S(=O)(=O)c2c(S(=O)(=O)CC[Si](C)(C)C)ccc(-c3ccnc(NCCNC(=O)O)c3)c2-c2nnn(Cc3ccc(OC)cc3)n2)cc1. The van der Waals surface area contributed by atoms with Gasteiger partial charge in [0, 0.05) is 40.4 Å². The van der Waals surface area contributed by atoms with E-state index in [4.69, 9.17) is 24.4 Å². The number of sulfone groups is 1. The first kappa shape index (κ1) is 47.1. The van der Waals surface area contributed by atoms with Crippen molar-refractivity contribution in [3.05, 3.63) is 120 Å². The van der Waals surface area contributed by atoms with E-state index in [9.17, 15) is 13.2 Å². The van der Waals surface area contributed by atoms with E-state index in [1.165, 1.54) is 35.6 Å². The van der Waals surface area contributed by atoms with Crippen LogP contribution >= 0.6 is 0 Å². The maximum absolute atomic E-state index is 15.9. The molecule has 0 unspecified atom stereocenters. The van der Waals surface area contributed by atoms with E-state index >= 15 is 8.42 Å². The molecule has 0 fully saturated rings. The molecular weight excluding hydrogens is 877 g/mol. The molecule has 0 aliphatic carbocycles. The number of aromatic nitrogens is 5. The zero-order valence-electron chi connectivity index (χ0n) is 36.5. The molecule has 338 valence electrons. The van der Waals surface area contributed by atoms with Crippen molar-refractivity contribution in [3.63, 3.8) is 0 Å². The zero-order valence-corrected chi connectivity index (χ0v) is 39.1. The highest BCUT2D eigenvalue weighted by Gasteiger charge is 2.38. The minimum Gasteiger partial charge on any atom is -0.497 e. The van der Waals surface area contributed by atoms with Crippen LogP contribution in [0.5, 0.6) is 17.2 Å². The number of benzene rings is 4. The van der Waals surface area contributed by atoms with E-state index in [0.29, 0.717) is 45.8 Å². The highest BCUT2D eigenvalue weighted by molar-refractivity contribution is 7.93. The number of hydrogen-bond acceptors (Lipinski definition) is 13. The number of hydrogen-bond donors (Lipinski definition) is 3. The summed E-state index contributed by atoms with van der Waals surface area (Å²) in [5, 5.41) is 27.9. The van der Waals surface area contributed by atoms with Gasteiger partial charge in [0.1, 0.15) is 28.0 Å². The number of pyridine rings is 1. The second-order valence-corrected chi connectivity index (χ2v) is 25.6. The van der Waals surface area contributed by atoms with Crippen molar-refractivity contribution in [2.45, 2.75) is 55.1 Å². The number of rotatable bonds is 21. The maximum Gasteiger partial charge on any atom is 0.404 e. The summed E-state index contributed by atoms with van der Waals surface area (Å²) >= 11 is 0. The van der Waals surface area contributed by atoms with E-state index < -0.39 is 43.8 Å². The first-order valence-electron chi connectivity index (χ1n) is 20.2. The molecule has 0 saturated carbocycles. The van der Waals surface area contributed by atoms with Gasteiger partial charge in [-0.3, -0.25) is 0 Å². The molecule has 2 aromatic heterocycles. The topological polar surface area (TPSA) is 217 Å². The standard InChI is InChI=1S/C44H52N8O9S2Si/c1-59-35-13-7-31(8-14-35)28-51(29-32-9-15-36(60-2)16-10-32)63(57,58)42-39(62(55,56)25-26-64(4,5)6)20-19-38(34-21-22-45-40(27-34)46-23-24-47-44(53)54)41(42)43-48-50-52(49-43)30-33-11-17-37(61-3)18-12-33/h7-22,27,47H,23-26,28-30H2,1-6H3,(H,45,46)(H,53,54). The molecule has 0 bridgehead atoms. The Morgan fingerprint density at radius 3 is 1.86 bits per heavy atom. The predicted molar refractivity (Wildman–Crippen MR) is 246 cm³/mol. The van der Waals surface area contributed by atoms with Crippen LogP contribution in [0, 0.1) is 0 Å². The highest BCUT2D eigenvalue weighted by Crippen LogP contribution is 2.42. The number of carboxylic acid groups (broad SMARTS) is 1. The molecule has 0 aliphatic heterocycles. The lowest BCUT2D eigenvalue weighted by Gasteiger charge is -2.26. The molecule has 3 N–H and O–H groups in total. The number of nitrogens with zero attached hydrogens (tertiary/aromatic N) is 6. The summed E-state index contributed by atoms with van der Waals surface area (Å²) in [5.74, 6) is 1.74. The van der Waals surface area contributed by atoms with Gasteiger partial charge < -0.3 is 30.0 Å².